The third kappa shape index (κ3) is 2.97. The van der Waals surface area contributed by atoms with E-state index in [1.807, 2.05) is 0 Å². The van der Waals surface area contributed by atoms with Crippen molar-refractivity contribution < 1.29 is 18.3 Å². The van der Waals surface area contributed by atoms with Crippen LogP contribution < -0.4 is 10.5 Å². The van der Waals surface area contributed by atoms with Crippen LogP contribution in [-0.2, 0) is 4.74 Å². The highest BCUT2D eigenvalue weighted by Gasteiger charge is 2.24. The molecule has 1 saturated heterocycles. The summed E-state index contributed by atoms with van der Waals surface area (Å²) in [5.41, 5.74) is 6.08. The van der Waals surface area contributed by atoms with E-state index >= 15 is 0 Å². The van der Waals surface area contributed by atoms with E-state index in [0.717, 1.165) is 25.0 Å². The van der Waals surface area contributed by atoms with Gasteiger partial charge in [-0.15, -0.1) is 0 Å². The Bertz CT molecular complexity index is 426. The van der Waals surface area contributed by atoms with E-state index in [1.54, 1.807) is 6.92 Å². The number of hydrogen-bond acceptors (Lipinski definition) is 3. The van der Waals surface area contributed by atoms with Gasteiger partial charge < -0.3 is 15.2 Å². The van der Waals surface area contributed by atoms with Gasteiger partial charge in [-0.1, -0.05) is 0 Å². The smallest absolute Gasteiger partial charge is 0.162 e. The second-order valence-electron chi connectivity index (χ2n) is 4.54. The van der Waals surface area contributed by atoms with Crippen LogP contribution in [0.2, 0.25) is 0 Å². The summed E-state index contributed by atoms with van der Waals surface area (Å²) in [4.78, 5) is 0. The molecule has 3 nitrogen and oxygen atoms in total. The number of halogens is 2. The molecule has 0 aliphatic carbocycles. The van der Waals surface area contributed by atoms with Crippen molar-refractivity contribution in [3.8, 4) is 5.75 Å². The zero-order chi connectivity index (χ0) is 13.1. The highest BCUT2D eigenvalue weighted by atomic mass is 19.2. The number of nitrogens with two attached hydrogens (primary N) is 1. The Hall–Kier alpha value is -1.20. The largest absolute Gasteiger partial charge is 0.490 e. The molecule has 1 aromatic carbocycles. The molecule has 1 fully saturated rings. The molecule has 1 aromatic rings. The van der Waals surface area contributed by atoms with Crippen molar-refractivity contribution in [2.75, 3.05) is 13.2 Å². The van der Waals surface area contributed by atoms with Crippen molar-refractivity contribution in [2.45, 2.75) is 32.0 Å². The summed E-state index contributed by atoms with van der Waals surface area (Å²) in [6.45, 7) is 2.51. The molecule has 5 heteroatoms. The van der Waals surface area contributed by atoms with E-state index in [9.17, 15) is 8.78 Å². The van der Waals surface area contributed by atoms with Crippen LogP contribution in [0.1, 0.15) is 18.4 Å². The Labute approximate surface area is 105 Å². The predicted molar refractivity (Wildman–Crippen MR) is 63.5 cm³/mol. The van der Waals surface area contributed by atoms with Crippen LogP contribution >= 0.6 is 0 Å². The van der Waals surface area contributed by atoms with Crippen molar-refractivity contribution in [1.82, 2.24) is 0 Å². The summed E-state index contributed by atoms with van der Waals surface area (Å²) in [6.07, 6.45) is 1.86. The molecule has 1 heterocycles. The maximum absolute atomic E-state index is 13.1. The van der Waals surface area contributed by atoms with E-state index in [2.05, 4.69) is 0 Å². The lowest BCUT2D eigenvalue weighted by atomic mass is 10.2. The Morgan fingerprint density at radius 1 is 1.28 bits per heavy atom. The van der Waals surface area contributed by atoms with Crippen LogP contribution in [0.25, 0.3) is 0 Å². The summed E-state index contributed by atoms with van der Waals surface area (Å²) in [7, 11) is 0. The van der Waals surface area contributed by atoms with Gasteiger partial charge in [0.25, 0.3) is 0 Å². The molecule has 2 N–H and O–H groups in total. The zero-order valence-corrected chi connectivity index (χ0v) is 10.3. The van der Waals surface area contributed by atoms with Gasteiger partial charge in [0.1, 0.15) is 12.4 Å². The average Bonchev–Trinajstić information content (AvgIpc) is 2.80. The van der Waals surface area contributed by atoms with Crippen molar-refractivity contribution >= 4 is 0 Å². The first kappa shape index (κ1) is 13.2. The normalized spacial score (nSPS) is 23.3. The monoisotopic (exact) mass is 257 g/mol. The van der Waals surface area contributed by atoms with Gasteiger partial charge >= 0.3 is 0 Å². The van der Waals surface area contributed by atoms with Crippen molar-refractivity contribution in [3.05, 3.63) is 29.3 Å². The van der Waals surface area contributed by atoms with Gasteiger partial charge in [-0.2, -0.15) is 0 Å². The summed E-state index contributed by atoms with van der Waals surface area (Å²) in [5, 5.41) is 0. The first-order chi connectivity index (χ1) is 8.60. The Morgan fingerprint density at radius 3 is 2.61 bits per heavy atom. The van der Waals surface area contributed by atoms with Crippen LogP contribution in [0.15, 0.2) is 12.1 Å². The van der Waals surface area contributed by atoms with Crippen LogP contribution in [0.3, 0.4) is 0 Å². The molecule has 0 amide bonds. The minimum absolute atomic E-state index is 0.0222. The second-order valence-corrected chi connectivity index (χ2v) is 4.54. The summed E-state index contributed by atoms with van der Waals surface area (Å²) in [5.74, 6) is -1.41. The van der Waals surface area contributed by atoms with Gasteiger partial charge in [-0.3, -0.25) is 0 Å². The zero-order valence-electron chi connectivity index (χ0n) is 10.3. The summed E-state index contributed by atoms with van der Waals surface area (Å²) in [6, 6.07) is 2.20. The highest BCUT2D eigenvalue weighted by molar-refractivity contribution is 5.33. The molecule has 2 unspecified atom stereocenters. The number of hydrogen-bond donors (Lipinski definition) is 1. The molecule has 1 aliphatic heterocycles. The Kier molecular flexibility index (Phi) is 4.14. The SMILES string of the molecule is Cc1cc(F)c(F)cc1OCC1CCC(CN)O1. The van der Waals surface area contributed by atoms with Gasteiger partial charge in [-0.05, 0) is 31.4 Å². The second kappa shape index (κ2) is 5.63. The van der Waals surface area contributed by atoms with E-state index < -0.39 is 11.6 Å². The van der Waals surface area contributed by atoms with Gasteiger partial charge in [0, 0.05) is 12.6 Å². The maximum Gasteiger partial charge on any atom is 0.162 e. The quantitative estimate of drug-likeness (QED) is 0.899. The molecule has 0 saturated carbocycles. The van der Waals surface area contributed by atoms with E-state index in [-0.39, 0.29) is 12.2 Å². The van der Waals surface area contributed by atoms with Crippen molar-refractivity contribution in [3.63, 3.8) is 0 Å². The number of rotatable bonds is 4. The van der Waals surface area contributed by atoms with E-state index in [4.69, 9.17) is 15.2 Å². The third-order valence-corrected chi connectivity index (χ3v) is 3.10. The fraction of sp³-hybridized carbons (Fsp3) is 0.538. The van der Waals surface area contributed by atoms with Crippen LogP contribution in [0.5, 0.6) is 5.75 Å². The first-order valence-electron chi connectivity index (χ1n) is 6.04. The van der Waals surface area contributed by atoms with Crippen LogP contribution in [0.4, 0.5) is 8.78 Å². The van der Waals surface area contributed by atoms with Gasteiger partial charge in [0.2, 0.25) is 0 Å². The van der Waals surface area contributed by atoms with E-state index in [1.165, 1.54) is 0 Å². The Morgan fingerprint density at radius 2 is 1.94 bits per heavy atom. The fourth-order valence-corrected chi connectivity index (χ4v) is 2.04. The lowest BCUT2D eigenvalue weighted by Gasteiger charge is -2.15. The molecular formula is C13H17F2NO2. The van der Waals surface area contributed by atoms with Crippen molar-refractivity contribution in [1.29, 1.82) is 0 Å². The molecule has 0 bridgehead atoms. The van der Waals surface area contributed by atoms with Gasteiger partial charge in [0.15, 0.2) is 11.6 Å². The van der Waals surface area contributed by atoms with Gasteiger partial charge in [-0.25, -0.2) is 8.78 Å². The Balaban J connectivity index is 1.93. The van der Waals surface area contributed by atoms with Gasteiger partial charge in [0.05, 0.1) is 12.2 Å². The molecule has 2 rings (SSSR count). The molecule has 18 heavy (non-hydrogen) atoms. The molecule has 0 aromatic heterocycles. The standard InChI is InChI=1S/C13H17F2NO2/c1-8-4-11(14)12(15)5-13(8)17-7-10-3-2-9(6-16)18-10/h4-5,9-10H,2-3,6-7,16H2,1H3. The molecule has 100 valence electrons. The molecule has 2 atom stereocenters. The first-order valence-corrected chi connectivity index (χ1v) is 6.04. The molecular weight excluding hydrogens is 240 g/mol. The number of aryl methyl sites for hydroxylation is 1. The molecule has 0 radical (unpaired) electrons. The minimum Gasteiger partial charge on any atom is -0.490 e. The minimum atomic E-state index is -0.900. The molecule has 0 spiro atoms. The highest BCUT2D eigenvalue weighted by Crippen LogP contribution is 2.24. The maximum atomic E-state index is 13.1. The number of ether oxygens (including phenoxy) is 2. The third-order valence-electron chi connectivity index (χ3n) is 3.10. The summed E-state index contributed by atoms with van der Waals surface area (Å²) < 4.78 is 37.1. The van der Waals surface area contributed by atoms with Crippen LogP contribution in [0, 0.1) is 18.6 Å². The van der Waals surface area contributed by atoms with Crippen molar-refractivity contribution in [2.24, 2.45) is 5.73 Å². The molecule has 1 aliphatic rings. The average molecular weight is 257 g/mol. The van der Waals surface area contributed by atoms with E-state index in [0.29, 0.717) is 24.5 Å². The summed E-state index contributed by atoms with van der Waals surface area (Å²) >= 11 is 0. The number of benzene rings is 1. The lowest BCUT2D eigenvalue weighted by molar-refractivity contribution is 0.0219. The topological polar surface area (TPSA) is 44.5 Å². The lowest BCUT2D eigenvalue weighted by Crippen LogP contribution is -2.23. The fourth-order valence-electron chi connectivity index (χ4n) is 2.04. The van der Waals surface area contributed by atoms with Crippen LogP contribution in [-0.4, -0.2) is 25.4 Å². The predicted octanol–water partition coefficient (Wildman–Crippen LogP) is 2.16.